The van der Waals surface area contributed by atoms with Gasteiger partial charge < -0.3 is 4.74 Å². The van der Waals surface area contributed by atoms with Crippen molar-refractivity contribution in [2.45, 2.75) is 33.3 Å². The molecule has 3 aromatic carbocycles. The molecule has 0 spiro atoms. The molecule has 0 saturated heterocycles. The predicted octanol–water partition coefficient (Wildman–Crippen LogP) is 6.74. The summed E-state index contributed by atoms with van der Waals surface area (Å²) in [6, 6.07) is 30.7. The van der Waals surface area contributed by atoms with Gasteiger partial charge in [-0.3, -0.25) is 4.57 Å². The maximum atomic E-state index is 13.1. The second-order valence-corrected chi connectivity index (χ2v) is 7.87. The van der Waals surface area contributed by atoms with E-state index in [0.29, 0.717) is 0 Å². The Balaban J connectivity index is 1.65. The first-order valence-corrected chi connectivity index (χ1v) is 10.6. The highest BCUT2D eigenvalue weighted by atomic mass is 16.5. The average molecular weight is 410 g/mol. The Morgan fingerprint density at radius 2 is 1.39 bits per heavy atom. The van der Waals surface area contributed by atoms with Crippen molar-refractivity contribution in [2.24, 2.45) is 0 Å². The highest BCUT2D eigenvalue weighted by Gasteiger charge is 2.20. The Labute approximate surface area is 183 Å². The van der Waals surface area contributed by atoms with Crippen molar-refractivity contribution in [1.82, 2.24) is 4.57 Å². The lowest BCUT2D eigenvalue weighted by atomic mass is 10.0. The fourth-order valence-corrected chi connectivity index (χ4v) is 3.87. The SMILES string of the molecule is Cc1ccc(-c2cc(C)n(C(=O)OCc3ccccc3)c2CCc2ccccc2)cc1. The summed E-state index contributed by atoms with van der Waals surface area (Å²) >= 11 is 0. The lowest BCUT2D eigenvalue weighted by Crippen LogP contribution is -2.18. The normalized spacial score (nSPS) is 10.8. The molecule has 0 radical (unpaired) electrons. The van der Waals surface area contributed by atoms with Crippen molar-refractivity contribution in [3.05, 3.63) is 119 Å². The van der Waals surface area contributed by atoms with Gasteiger partial charge >= 0.3 is 6.09 Å². The maximum Gasteiger partial charge on any atom is 0.418 e. The van der Waals surface area contributed by atoms with E-state index in [0.717, 1.165) is 40.9 Å². The smallest absolute Gasteiger partial charge is 0.418 e. The number of carbonyl (C=O) groups excluding carboxylic acids is 1. The van der Waals surface area contributed by atoms with E-state index >= 15 is 0 Å². The second kappa shape index (κ2) is 9.48. The van der Waals surface area contributed by atoms with Gasteiger partial charge in [0.2, 0.25) is 0 Å². The highest BCUT2D eigenvalue weighted by molar-refractivity contribution is 5.79. The minimum Gasteiger partial charge on any atom is -0.444 e. The number of hydrogen-bond acceptors (Lipinski definition) is 2. The van der Waals surface area contributed by atoms with E-state index in [9.17, 15) is 4.79 Å². The molecule has 0 atom stereocenters. The highest BCUT2D eigenvalue weighted by Crippen LogP contribution is 2.29. The summed E-state index contributed by atoms with van der Waals surface area (Å²) in [7, 11) is 0. The molecule has 156 valence electrons. The second-order valence-electron chi connectivity index (χ2n) is 7.87. The van der Waals surface area contributed by atoms with E-state index in [1.54, 1.807) is 4.57 Å². The summed E-state index contributed by atoms with van der Waals surface area (Å²) in [5.74, 6) is 0. The quantitative estimate of drug-likeness (QED) is 0.353. The van der Waals surface area contributed by atoms with Crippen LogP contribution in [0.3, 0.4) is 0 Å². The number of carbonyl (C=O) groups is 1. The zero-order valence-corrected chi connectivity index (χ0v) is 18.0. The van der Waals surface area contributed by atoms with Gasteiger partial charge in [0, 0.05) is 17.0 Å². The van der Waals surface area contributed by atoms with Crippen molar-refractivity contribution in [1.29, 1.82) is 0 Å². The Hall–Kier alpha value is -3.59. The zero-order valence-electron chi connectivity index (χ0n) is 18.0. The van der Waals surface area contributed by atoms with Gasteiger partial charge in [-0.15, -0.1) is 0 Å². The Kier molecular flexibility index (Phi) is 6.32. The Bertz CT molecular complexity index is 1140. The van der Waals surface area contributed by atoms with E-state index in [1.165, 1.54) is 11.1 Å². The van der Waals surface area contributed by atoms with Gasteiger partial charge in [0.25, 0.3) is 0 Å². The number of ether oxygens (including phenoxy) is 1. The summed E-state index contributed by atoms with van der Waals surface area (Å²) in [5.41, 5.74) is 7.52. The molecule has 0 fully saturated rings. The van der Waals surface area contributed by atoms with Crippen LogP contribution >= 0.6 is 0 Å². The first-order chi connectivity index (χ1) is 15.1. The molecule has 0 unspecified atom stereocenters. The molecular formula is C28H27NO2. The summed E-state index contributed by atoms with van der Waals surface area (Å²) in [5, 5.41) is 0. The molecule has 1 aromatic heterocycles. The zero-order chi connectivity index (χ0) is 21.6. The molecule has 0 N–H and O–H groups in total. The molecule has 0 aliphatic heterocycles. The monoisotopic (exact) mass is 409 g/mol. The first kappa shape index (κ1) is 20.7. The third-order valence-corrected chi connectivity index (χ3v) is 5.53. The van der Waals surface area contributed by atoms with E-state index in [-0.39, 0.29) is 12.7 Å². The fraction of sp³-hybridized carbons (Fsp3) is 0.179. The van der Waals surface area contributed by atoms with Crippen molar-refractivity contribution >= 4 is 6.09 Å². The maximum absolute atomic E-state index is 13.1. The number of nitrogens with zero attached hydrogens (tertiary/aromatic N) is 1. The van der Waals surface area contributed by atoms with Crippen LogP contribution in [0.1, 0.15) is 28.1 Å². The topological polar surface area (TPSA) is 31.2 Å². The lowest BCUT2D eigenvalue weighted by molar-refractivity contribution is 0.140. The van der Waals surface area contributed by atoms with Crippen LogP contribution in [0.2, 0.25) is 0 Å². The third-order valence-electron chi connectivity index (χ3n) is 5.53. The molecule has 4 rings (SSSR count). The largest absolute Gasteiger partial charge is 0.444 e. The summed E-state index contributed by atoms with van der Waals surface area (Å²) in [6.45, 7) is 4.31. The minimum absolute atomic E-state index is 0.259. The van der Waals surface area contributed by atoms with Gasteiger partial charge in [-0.2, -0.15) is 0 Å². The Morgan fingerprint density at radius 3 is 2.03 bits per heavy atom. The van der Waals surface area contributed by atoms with Crippen LogP contribution in [-0.4, -0.2) is 10.7 Å². The molecule has 31 heavy (non-hydrogen) atoms. The van der Waals surface area contributed by atoms with Crippen LogP contribution in [0.15, 0.2) is 91.0 Å². The number of rotatable bonds is 6. The van der Waals surface area contributed by atoms with Crippen LogP contribution in [0.5, 0.6) is 0 Å². The molecule has 3 heteroatoms. The molecular weight excluding hydrogens is 382 g/mol. The molecule has 0 bridgehead atoms. The first-order valence-electron chi connectivity index (χ1n) is 10.6. The lowest BCUT2D eigenvalue weighted by Gasteiger charge is -2.13. The van der Waals surface area contributed by atoms with Crippen LogP contribution < -0.4 is 0 Å². The van der Waals surface area contributed by atoms with Gasteiger partial charge in [0.1, 0.15) is 6.61 Å². The molecule has 1 heterocycles. The third kappa shape index (κ3) is 4.95. The van der Waals surface area contributed by atoms with Gasteiger partial charge in [-0.1, -0.05) is 90.5 Å². The average Bonchev–Trinajstić information content (AvgIpc) is 3.14. The van der Waals surface area contributed by atoms with Crippen molar-refractivity contribution in [3.63, 3.8) is 0 Å². The number of aryl methyl sites for hydroxylation is 3. The van der Waals surface area contributed by atoms with Crippen LogP contribution in [0.25, 0.3) is 11.1 Å². The summed E-state index contributed by atoms with van der Waals surface area (Å²) in [6.07, 6.45) is 1.28. The molecule has 0 aliphatic rings. The van der Waals surface area contributed by atoms with Crippen molar-refractivity contribution in [2.75, 3.05) is 0 Å². The van der Waals surface area contributed by atoms with E-state index < -0.39 is 0 Å². The number of aromatic nitrogens is 1. The molecule has 0 aliphatic carbocycles. The van der Waals surface area contributed by atoms with Crippen molar-refractivity contribution < 1.29 is 9.53 Å². The van der Waals surface area contributed by atoms with Gasteiger partial charge in [-0.25, -0.2) is 4.79 Å². The fourth-order valence-electron chi connectivity index (χ4n) is 3.87. The molecule has 0 saturated carbocycles. The van der Waals surface area contributed by atoms with Gasteiger partial charge in [-0.05, 0) is 49.4 Å². The molecule has 4 aromatic rings. The van der Waals surface area contributed by atoms with Gasteiger partial charge in [0.15, 0.2) is 0 Å². The van der Waals surface area contributed by atoms with E-state index in [2.05, 4.69) is 61.5 Å². The predicted molar refractivity (Wildman–Crippen MR) is 125 cm³/mol. The summed E-state index contributed by atoms with van der Waals surface area (Å²) in [4.78, 5) is 13.1. The number of benzene rings is 3. The van der Waals surface area contributed by atoms with E-state index in [1.807, 2.05) is 43.3 Å². The van der Waals surface area contributed by atoms with Crippen molar-refractivity contribution in [3.8, 4) is 11.1 Å². The number of hydrogen-bond donors (Lipinski definition) is 0. The minimum atomic E-state index is -0.331. The molecule has 3 nitrogen and oxygen atoms in total. The van der Waals surface area contributed by atoms with Gasteiger partial charge in [0.05, 0.1) is 0 Å². The standard InChI is InChI=1S/C28H27NO2/c1-21-13-16-25(17-14-21)26-19-22(2)29(27(26)18-15-23-9-5-3-6-10-23)28(30)31-20-24-11-7-4-8-12-24/h3-14,16-17,19H,15,18,20H2,1-2H3. The van der Waals surface area contributed by atoms with Crippen LogP contribution in [0.4, 0.5) is 4.79 Å². The Morgan fingerprint density at radius 1 is 0.774 bits per heavy atom. The van der Waals surface area contributed by atoms with Crippen LogP contribution in [-0.2, 0) is 24.2 Å². The van der Waals surface area contributed by atoms with Crippen LogP contribution in [0, 0.1) is 13.8 Å². The van der Waals surface area contributed by atoms with E-state index in [4.69, 9.17) is 4.74 Å². The summed E-state index contributed by atoms with van der Waals surface area (Å²) < 4.78 is 7.42. The molecule has 0 amide bonds.